The van der Waals surface area contributed by atoms with Crippen LogP contribution >= 0.6 is 0 Å². The van der Waals surface area contributed by atoms with Gasteiger partial charge in [0.2, 0.25) is 5.76 Å². The zero-order valence-corrected chi connectivity index (χ0v) is 18.8. The molecule has 0 saturated carbocycles. The van der Waals surface area contributed by atoms with Gasteiger partial charge in [0.1, 0.15) is 23.8 Å². The van der Waals surface area contributed by atoms with Crippen LogP contribution in [0.4, 0.5) is 4.39 Å². The molecular weight excluding hydrogens is 423 g/mol. The van der Waals surface area contributed by atoms with Crippen LogP contribution in [0.5, 0.6) is 5.75 Å². The van der Waals surface area contributed by atoms with Crippen LogP contribution in [0.15, 0.2) is 64.3 Å². The van der Waals surface area contributed by atoms with E-state index < -0.39 is 17.3 Å². The highest BCUT2D eigenvalue weighted by Gasteiger charge is 2.42. The largest absolute Gasteiger partial charge is 0.490 e. The summed E-state index contributed by atoms with van der Waals surface area (Å²) >= 11 is 0. The molecule has 0 saturated heterocycles. The fourth-order valence-electron chi connectivity index (χ4n) is 4.29. The maximum absolute atomic E-state index is 13.9. The number of halogens is 1. The summed E-state index contributed by atoms with van der Waals surface area (Å²) in [7, 11) is 0. The molecule has 2 heterocycles. The van der Waals surface area contributed by atoms with Crippen molar-refractivity contribution in [3.05, 3.63) is 88.0 Å². The summed E-state index contributed by atoms with van der Waals surface area (Å²) in [6.45, 7) is 10.9. The van der Waals surface area contributed by atoms with Crippen LogP contribution in [0.3, 0.4) is 0 Å². The second kappa shape index (κ2) is 9.58. The zero-order valence-electron chi connectivity index (χ0n) is 18.8. The van der Waals surface area contributed by atoms with Crippen LogP contribution < -0.4 is 10.2 Å². The normalized spacial score (nSPS) is 15.3. The van der Waals surface area contributed by atoms with Gasteiger partial charge in [-0.15, -0.1) is 0 Å². The lowest BCUT2D eigenvalue weighted by Gasteiger charge is -2.28. The number of rotatable bonds is 9. The van der Waals surface area contributed by atoms with Crippen molar-refractivity contribution in [2.75, 3.05) is 32.8 Å². The van der Waals surface area contributed by atoms with Gasteiger partial charge in [-0.05, 0) is 49.0 Å². The van der Waals surface area contributed by atoms with Crippen LogP contribution in [0.1, 0.15) is 41.6 Å². The molecule has 1 aliphatic heterocycles. The van der Waals surface area contributed by atoms with Gasteiger partial charge >= 0.3 is 0 Å². The van der Waals surface area contributed by atoms with Crippen molar-refractivity contribution in [2.45, 2.75) is 19.9 Å². The summed E-state index contributed by atoms with van der Waals surface area (Å²) < 4.78 is 25.5. The minimum atomic E-state index is -0.653. The molecule has 1 aliphatic rings. The van der Waals surface area contributed by atoms with E-state index in [-0.39, 0.29) is 28.2 Å². The lowest BCUT2D eigenvalue weighted by molar-refractivity contribution is 0.0708. The van der Waals surface area contributed by atoms with Crippen LogP contribution in [0.2, 0.25) is 0 Å². The number of carbonyl (C=O) groups excluding carboxylic acids is 1. The van der Waals surface area contributed by atoms with Gasteiger partial charge in [-0.25, -0.2) is 4.39 Å². The molecule has 0 bridgehead atoms. The maximum Gasteiger partial charge on any atom is 0.290 e. The number of benzene rings is 2. The third-order valence-corrected chi connectivity index (χ3v) is 6.02. The molecule has 1 atom stereocenters. The first-order valence-electron chi connectivity index (χ1n) is 11.1. The summed E-state index contributed by atoms with van der Waals surface area (Å²) in [5.41, 5.74) is 0.762. The van der Waals surface area contributed by atoms with Crippen LogP contribution in [-0.2, 0) is 0 Å². The van der Waals surface area contributed by atoms with E-state index in [9.17, 15) is 14.0 Å². The van der Waals surface area contributed by atoms with Gasteiger partial charge in [0.25, 0.3) is 5.91 Å². The second-order valence-electron chi connectivity index (χ2n) is 7.91. The summed E-state index contributed by atoms with van der Waals surface area (Å²) in [5.74, 6) is -0.258. The average molecular weight is 451 g/mol. The Bertz CT molecular complexity index is 1250. The standard InChI is InChI=1S/C26H27FN2O4/c1-4-14-32-19-9-7-8-17(15-19)23-22-24(30)20-16-18(27)10-11-21(20)33-25(22)26(31)29(23)13-12-28(5-2)6-3/h4,7-11,15-16,23H,1,5-6,12-14H2,2-3H3. The van der Waals surface area contributed by atoms with Crippen molar-refractivity contribution in [2.24, 2.45) is 0 Å². The van der Waals surface area contributed by atoms with E-state index in [1.165, 1.54) is 12.1 Å². The third-order valence-electron chi connectivity index (χ3n) is 6.02. The molecular formula is C26H27FN2O4. The fraction of sp³-hybridized carbons (Fsp3) is 0.308. The molecule has 6 nitrogen and oxygen atoms in total. The monoisotopic (exact) mass is 450 g/mol. The molecule has 0 aliphatic carbocycles. The molecule has 1 aromatic heterocycles. The third kappa shape index (κ3) is 4.28. The Morgan fingerprint density at radius 3 is 2.70 bits per heavy atom. The first-order valence-corrected chi connectivity index (χ1v) is 11.1. The van der Waals surface area contributed by atoms with Gasteiger partial charge in [-0.2, -0.15) is 0 Å². The number of hydrogen-bond acceptors (Lipinski definition) is 5. The molecule has 172 valence electrons. The Morgan fingerprint density at radius 1 is 1.18 bits per heavy atom. The number of amides is 1. The molecule has 2 aromatic carbocycles. The lowest BCUT2D eigenvalue weighted by Crippen LogP contribution is -2.37. The van der Waals surface area contributed by atoms with Crippen LogP contribution in [0.25, 0.3) is 11.0 Å². The van der Waals surface area contributed by atoms with Gasteiger partial charge in [-0.3, -0.25) is 9.59 Å². The molecule has 1 unspecified atom stereocenters. The minimum absolute atomic E-state index is 0.0149. The SMILES string of the molecule is C=CCOc1cccc(C2c3c(oc4ccc(F)cc4c3=O)C(=O)N2CCN(CC)CC)c1. The van der Waals surface area contributed by atoms with E-state index in [4.69, 9.17) is 9.15 Å². The molecule has 0 N–H and O–H groups in total. The molecule has 0 radical (unpaired) electrons. The Hall–Kier alpha value is -3.45. The van der Waals surface area contributed by atoms with Crippen molar-refractivity contribution in [1.82, 2.24) is 9.80 Å². The Balaban J connectivity index is 1.85. The summed E-state index contributed by atoms with van der Waals surface area (Å²) in [6.07, 6.45) is 1.65. The Morgan fingerprint density at radius 2 is 1.97 bits per heavy atom. The summed E-state index contributed by atoms with van der Waals surface area (Å²) in [4.78, 5) is 30.8. The van der Waals surface area contributed by atoms with Crippen LogP contribution in [-0.4, -0.2) is 48.5 Å². The van der Waals surface area contributed by atoms with Gasteiger partial charge in [0, 0.05) is 13.1 Å². The number of nitrogens with zero attached hydrogens (tertiary/aromatic N) is 2. The predicted molar refractivity (Wildman–Crippen MR) is 125 cm³/mol. The van der Waals surface area contributed by atoms with Gasteiger partial charge < -0.3 is 19.0 Å². The van der Waals surface area contributed by atoms with Crippen molar-refractivity contribution < 1.29 is 18.3 Å². The van der Waals surface area contributed by atoms with Gasteiger partial charge in [0.15, 0.2) is 5.43 Å². The quantitative estimate of drug-likeness (QED) is 0.453. The smallest absolute Gasteiger partial charge is 0.290 e. The van der Waals surface area contributed by atoms with E-state index in [1.54, 1.807) is 11.0 Å². The topological polar surface area (TPSA) is 63.0 Å². The highest BCUT2D eigenvalue weighted by Crippen LogP contribution is 2.39. The van der Waals surface area contributed by atoms with Crippen LogP contribution in [0, 0.1) is 5.82 Å². The molecule has 7 heteroatoms. The molecule has 3 aromatic rings. The second-order valence-corrected chi connectivity index (χ2v) is 7.91. The first-order chi connectivity index (χ1) is 16.0. The lowest BCUT2D eigenvalue weighted by atomic mass is 9.98. The van der Waals surface area contributed by atoms with E-state index in [1.807, 2.05) is 24.3 Å². The molecule has 4 rings (SSSR count). The molecule has 33 heavy (non-hydrogen) atoms. The Labute approximate surface area is 191 Å². The van der Waals surface area contributed by atoms with E-state index >= 15 is 0 Å². The molecule has 0 fully saturated rings. The molecule has 1 amide bonds. The van der Waals surface area contributed by atoms with Crippen molar-refractivity contribution in [3.63, 3.8) is 0 Å². The number of ether oxygens (including phenoxy) is 1. The molecule has 0 spiro atoms. The first kappa shape index (κ1) is 22.7. The number of carbonyl (C=O) groups is 1. The number of hydrogen-bond donors (Lipinski definition) is 0. The highest BCUT2D eigenvalue weighted by molar-refractivity contribution is 5.99. The van der Waals surface area contributed by atoms with Crippen molar-refractivity contribution in [1.29, 1.82) is 0 Å². The average Bonchev–Trinajstić information content (AvgIpc) is 3.11. The minimum Gasteiger partial charge on any atom is -0.490 e. The number of likely N-dealkylation sites (N-methyl/N-ethyl adjacent to an activating group) is 1. The zero-order chi connectivity index (χ0) is 23.5. The maximum atomic E-state index is 13.9. The van der Waals surface area contributed by atoms with Gasteiger partial charge in [0.05, 0.1) is 17.0 Å². The fourth-order valence-corrected chi connectivity index (χ4v) is 4.29. The summed E-state index contributed by atoms with van der Waals surface area (Å²) in [6, 6.07) is 10.4. The van der Waals surface area contributed by atoms with E-state index in [0.717, 1.165) is 24.7 Å². The summed E-state index contributed by atoms with van der Waals surface area (Å²) in [5, 5.41) is 0.121. The van der Waals surface area contributed by atoms with Crippen molar-refractivity contribution in [3.8, 4) is 5.75 Å². The van der Waals surface area contributed by atoms with Crippen molar-refractivity contribution >= 4 is 16.9 Å². The van der Waals surface area contributed by atoms with E-state index in [0.29, 0.717) is 25.4 Å². The highest BCUT2D eigenvalue weighted by atomic mass is 19.1. The Kier molecular flexibility index (Phi) is 6.60. The number of fused-ring (bicyclic) bond motifs is 2. The van der Waals surface area contributed by atoms with Gasteiger partial charge in [-0.1, -0.05) is 38.6 Å². The van der Waals surface area contributed by atoms with E-state index in [2.05, 4.69) is 25.3 Å². The predicted octanol–water partition coefficient (Wildman–Crippen LogP) is 4.38.